The van der Waals surface area contributed by atoms with Crippen molar-refractivity contribution in [2.45, 2.75) is 16.6 Å². The highest BCUT2D eigenvalue weighted by molar-refractivity contribution is 9.10. The van der Waals surface area contributed by atoms with E-state index < -0.39 is 5.25 Å². The Kier molecular flexibility index (Phi) is 4.22. The summed E-state index contributed by atoms with van der Waals surface area (Å²) in [5.41, 5.74) is 7.12. The molecule has 2 aromatic rings. The number of thioether (sulfide) groups is 1. The second-order valence-electron chi connectivity index (χ2n) is 4.90. The van der Waals surface area contributed by atoms with Gasteiger partial charge >= 0.3 is 0 Å². The normalized spacial score (nSPS) is 18.0. The van der Waals surface area contributed by atoms with Gasteiger partial charge in [-0.3, -0.25) is 9.59 Å². The molecule has 6 heteroatoms. The van der Waals surface area contributed by atoms with Crippen LogP contribution in [0.4, 0.5) is 11.4 Å². The van der Waals surface area contributed by atoms with Gasteiger partial charge in [0.05, 0.1) is 10.9 Å². The second kappa shape index (κ2) is 6.14. The molecule has 0 spiro atoms. The van der Waals surface area contributed by atoms with Crippen molar-refractivity contribution in [3.05, 3.63) is 53.0 Å². The van der Waals surface area contributed by atoms with E-state index >= 15 is 0 Å². The lowest BCUT2D eigenvalue weighted by molar-refractivity contribution is -0.121. The zero-order chi connectivity index (χ0) is 15.7. The summed E-state index contributed by atoms with van der Waals surface area (Å²) < 4.78 is 0.828. The number of nitrogens with zero attached hydrogens (tertiary/aromatic N) is 1. The smallest absolute Gasteiger partial charge is 0.247 e. The van der Waals surface area contributed by atoms with E-state index in [9.17, 15) is 9.59 Å². The van der Waals surface area contributed by atoms with Crippen LogP contribution in [0.15, 0.2) is 57.9 Å². The van der Waals surface area contributed by atoms with Crippen LogP contribution in [0.2, 0.25) is 0 Å². The van der Waals surface area contributed by atoms with Crippen LogP contribution in [-0.2, 0) is 9.59 Å². The SMILES string of the molecule is Nc1ccccc1SC1CC(=O)N(c2cccc(Br)c2)C1=O. The Labute approximate surface area is 140 Å². The first kappa shape index (κ1) is 15.1. The molecule has 1 saturated heterocycles. The molecule has 1 aliphatic rings. The van der Waals surface area contributed by atoms with Gasteiger partial charge in [-0.05, 0) is 30.3 Å². The molecule has 1 fully saturated rings. The van der Waals surface area contributed by atoms with E-state index in [1.54, 1.807) is 24.3 Å². The predicted octanol–water partition coefficient (Wildman–Crippen LogP) is 3.46. The third-order valence-corrected chi connectivity index (χ3v) is 5.13. The van der Waals surface area contributed by atoms with E-state index in [1.807, 2.05) is 24.3 Å². The summed E-state index contributed by atoms with van der Waals surface area (Å²) >= 11 is 4.70. The number of nitrogens with two attached hydrogens (primary N) is 1. The molecule has 0 saturated carbocycles. The van der Waals surface area contributed by atoms with Gasteiger partial charge in [-0.25, -0.2) is 4.90 Å². The highest BCUT2D eigenvalue weighted by atomic mass is 79.9. The Hall–Kier alpha value is -1.79. The van der Waals surface area contributed by atoms with Gasteiger partial charge in [-0.2, -0.15) is 0 Å². The van der Waals surface area contributed by atoms with Gasteiger partial charge in [-0.15, -0.1) is 11.8 Å². The lowest BCUT2D eigenvalue weighted by Gasteiger charge is -2.15. The summed E-state index contributed by atoms with van der Waals surface area (Å²) in [6.07, 6.45) is 0.185. The van der Waals surface area contributed by atoms with Crippen LogP contribution in [0.25, 0.3) is 0 Å². The first-order chi connectivity index (χ1) is 10.6. The van der Waals surface area contributed by atoms with Gasteiger partial charge in [0.1, 0.15) is 0 Å². The van der Waals surface area contributed by atoms with Crippen LogP contribution in [0.3, 0.4) is 0 Å². The maximum Gasteiger partial charge on any atom is 0.247 e. The molecule has 0 aliphatic carbocycles. The van der Waals surface area contributed by atoms with Crippen molar-refractivity contribution in [2.75, 3.05) is 10.6 Å². The predicted molar refractivity (Wildman–Crippen MR) is 91.8 cm³/mol. The minimum Gasteiger partial charge on any atom is -0.398 e. The molecule has 1 heterocycles. The zero-order valence-corrected chi connectivity index (χ0v) is 13.9. The third kappa shape index (κ3) is 2.89. The lowest BCUT2D eigenvalue weighted by atomic mass is 10.3. The fourth-order valence-corrected chi connectivity index (χ4v) is 3.81. The summed E-state index contributed by atoms with van der Waals surface area (Å²) in [7, 11) is 0. The Morgan fingerprint density at radius 2 is 1.91 bits per heavy atom. The van der Waals surface area contributed by atoms with Crippen molar-refractivity contribution in [3.8, 4) is 0 Å². The number of imide groups is 1. The summed E-state index contributed by atoms with van der Waals surface area (Å²) in [6, 6.07) is 14.5. The average molecular weight is 377 g/mol. The van der Waals surface area contributed by atoms with Gasteiger partial charge in [0.15, 0.2) is 0 Å². The number of halogens is 1. The zero-order valence-electron chi connectivity index (χ0n) is 11.5. The molecular formula is C16H13BrN2O2S. The maximum atomic E-state index is 12.6. The minimum atomic E-state index is -0.434. The molecule has 1 aliphatic heterocycles. The van der Waals surface area contributed by atoms with Crippen LogP contribution in [0, 0.1) is 0 Å². The van der Waals surface area contributed by atoms with Crippen molar-refractivity contribution in [1.29, 1.82) is 0 Å². The van der Waals surface area contributed by atoms with Crippen molar-refractivity contribution in [3.63, 3.8) is 0 Å². The third-order valence-electron chi connectivity index (χ3n) is 3.36. The van der Waals surface area contributed by atoms with Crippen molar-refractivity contribution in [1.82, 2.24) is 0 Å². The fourth-order valence-electron chi connectivity index (χ4n) is 2.32. The molecule has 2 amide bonds. The Morgan fingerprint density at radius 3 is 2.64 bits per heavy atom. The Morgan fingerprint density at radius 1 is 1.14 bits per heavy atom. The molecule has 0 bridgehead atoms. The number of hydrogen-bond donors (Lipinski definition) is 1. The van der Waals surface area contributed by atoms with E-state index in [2.05, 4.69) is 15.9 Å². The van der Waals surface area contributed by atoms with E-state index in [-0.39, 0.29) is 18.2 Å². The van der Waals surface area contributed by atoms with Gasteiger partial charge < -0.3 is 5.73 Å². The Balaban J connectivity index is 1.84. The average Bonchev–Trinajstić information content (AvgIpc) is 2.76. The molecule has 2 aromatic carbocycles. The summed E-state index contributed by atoms with van der Waals surface area (Å²) in [6.45, 7) is 0. The number of anilines is 2. The number of carbonyl (C=O) groups is 2. The first-order valence-electron chi connectivity index (χ1n) is 6.70. The molecule has 2 N–H and O–H groups in total. The second-order valence-corrected chi connectivity index (χ2v) is 7.06. The molecule has 0 aromatic heterocycles. The highest BCUT2D eigenvalue weighted by Gasteiger charge is 2.40. The van der Waals surface area contributed by atoms with E-state index in [4.69, 9.17) is 5.73 Å². The molecule has 112 valence electrons. The number of carbonyl (C=O) groups excluding carboxylic acids is 2. The van der Waals surface area contributed by atoms with Crippen LogP contribution >= 0.6 is 27.7 Å². The van der Waals surface area contributed by atoms with E-state index in [1.165, 1.54) is 16.7 Å². The molecule has 0 radical (unpaired) electrons. The number of rotatable bonds is 3. The van der Waals surface area contributed by atoms with Gasteiger partial charge in [0, 0.05) is 21.5 Å². The van der Waals surface area contributed by atoms with E-state index in [0.29, 0.717) is 11.4 Å². The Bertz CT molecular complexity index is 750. The lowest BCUT2D eigenvalue weighted by Crippen LogP contribution is -2.31. The first-order valence-corrected chi connectivity index (χ1v) is 8.37. The van der Waals surface area contributed by atoms with Crippen LogP contribution in [0.5, 0.6) is 0 Å². The molecular weight excluding hydrogens is 364 g/mol. The summed E-state index contributed by atoms with van der Waals surface area (Å²) in [5.74, 6) is -0.383. The largest absolute Gasteiger partial charge is 0.398 e. The van der Waals surface area contributed by atoms with Gasteiger partial charge in [-0.1, -0.05) is 34.1 Å². The quantitative estimate of drug-likeness (QED) is 0.657. The standard InChI is InChI=1S/C16H13BrN2O2S/c17-10-4-3-5-11(8-10)19-15(20)9-14(16(19)21)22-13-7-2-1-6-12(13)18/h1-8,14H,9,18H2. The van der Waals surface area contributed by atoms with Crippen molar-refractivity contribution in [2.24, 2.45) is 0 Å². The van der Waals surface area contributed by atoms with Gasteiger partial charge in [0.2, 0.25) is 11.8 Å². The molecule has 22 heavy (non-hydrogen) atoms. The number of hydrogen-bond acceptors (Lipinski definition) is 4. The van der Waals surface area contributed by atoms with Crippen molar-refractivity contribution >= 4 is 50.9 Å². The number of para-hydroxylation sites is 1. The molecule has 3 rings (SSSR count). The summed E-state index contributed by atoms with van der Waals surface area (Å²) in [4.78, 5) is 26.9. The van der Waals surface area contributed by atoms with Gasteiger partial charge in [0.25, 0.3) is 0 Å². The van der Waals surface area contributed by atoms with Crippen molar-refractivity contribution < 1.29 is 9.59 Å². The topological polar surface area (TPSA) is 63.4 Å². The number of benzene rings is 2. The minimum absolute atomic E-state index is 0.185. The molecule has 1 atom stereocenters. The number of amides is 2. The monoisotopic (exact) mass is 376 g/mol. The molecule has 4 nitrogen and oxygen atoms in total. The fraction of sp³-hybridized carbons (Fsp3) is 0.125. The highest BCUT2D eigenvalue weighted by Crippen LogP contribution is 2.36. The summed E-state index contributed by atoms with van der Waals surface area (Å²) in [5, 5.41) is -0.434. The maximum absolute atomic E-state index is 12.6. The van der Waals surface area contributed by atoms with Crippen LogP contribution in [0.1, 0.15) is 6.42 Å². The van der Waals surface area contributed by atoms with Crippen LogP contribution < -0.4 is 10.6 Å². The molecule has 1 unspecified atom stereocenters. The van der Waals surface area contributed by atoms with E-state index in [0.717, 1.165) is 9.37 Å². The van der Waals surface area contributed by atoms with Crippen LogP contribution in [-0.4, -0.2) is 17.1 Å². The number of nitrogen functional groups attached to an aromatic ring is 1.